The highest BCUT2D eigenvalue weighted by molar-refractivity contribution is 14.1. The molecule has 3 N–H and O–H groups in total. The topological polar surface area (TPSA) is 68.2 Å². The van der Waals surface area contributed by atoms with E-state index < -0.39 is 0 Å². The highest BCUT2D eigenvalue weighted by atomic mass is 127. The number of hydrogen-bond donors (Lipinski definition) is 2. The van der Waals surface area contributed by atoms with Gasteiger partial charge in [0, 0.05) is 28.3 Å². The highest BCUT2D eigenvalue weighted by Gasteiger charge is 2.13. The van der Waals surface area contributed by atoms with Gasteiger partial charge in [-0.2, -0.15) is 9.61 Å². The van der Waals surface area contributed by atoms with E-state index in [1.165, 1.54) is 5.56 Å². The minimum Gasteiger partial charge on any atom is -0.399 e. The zero-order valence-corrected chi connectivity index (χ0v) is 18.1. The maximum absolute atomic E-state index is 5.89. The number of anilines is 2. The molecule has 0 saturated carbocycles. The summed E-state index contributed by atoms with van der Waals surface area (Å²) < 4.78 is 3.60. The van der Waals surface area contributed by atoms with Crippen molar-refractivity contribution < 1.29 is 0 Å². The second kappa shape index (κ2) is 7.85. The summed E-state index contributed by atoms with van der Waals surface area (Å²) in [4.78, 5) is 4.83. The van der Waals surface area contributed by atoms with Crippen LogP contribution < -0.4 is 11.1 Å². The molecule has 0 atom stereocenters. The normalized spacial score (nSPS) is 11.0. The van der Waals surface area contributed by atoms with Crippen molar-refractivity contribution in [3.8, 4) is 11.3 Å². The Morgan fingerprint density at radius 1 is 1.11 bits per heavy atom. The monoisotopic (exact) mass is 533 g/mol. The van der Waals surface area contributed by atoms with Gasteiger partial charge in [-0.1, -0.05) is 59.0 Å². The van der Waals surface area contributed by atoms with Crippen LogP contribution in [0.3, 0.4) is 0 Å². The number of benzene rings is 2. The van der Waals surface area contributed by atoms with Crippen molar-refractivity contribution in [3.05, 3.63) is 76.4 Å². The molecule has 0 amide bonds. The molecule has 4 aromatic rings. The van der Waals surface area contributed by atoms with Gasteiger partial charge in [-0.05, 0) is 39.2 Å². The summed E-state index contributed by atoms with van der Waals surface area (Å²) >= 11 is 5.94. The van der Waals surface area contributed by atoms with E-state index >= 15 is 0 Å². The van der Waals surface area contributed by atoms with Crippen molar-refractivity contribution in [1.29, 1.82) is 0 Å². The molecule has 2 aromatic carbocycles. The molecule has 5 nitrogen and oxygen atoms in total. The fourth-order valence-corrected chi connectivity index (χ4v) is 4.00. The summed E-state index contributed by atoms with van der Waals surface area (Å²) in [6.45, 7) is 0.648. The van der Waals surface area contributed by atoms with E-state index in [9.17, 15) is 0 Å². The number of alkyl halides is 1. The third kappa shape index (κ3) is 3.79. The third-order valence-corrected chi connectivity index (χ3v) is 5.67. The van der Waals surface area contributed by atoms with Gasteiger partial charge in [0.1, 0.15) is 5.82 Å². The first-order chi connectivity index (χ1) is 13.2. The minimum atomic E-state index is 0.648. The van der Waals surface area contributed by atoms with Crippen molar-refractivity contribution in [2.24, 2.45) is 0 Å². The number of nitrogens with two attached hydrogens (primary N) is 1. The largest absolute Gasteiger partial charge is 0.399 e. The Labute approximate surface area is 179 Å². The quantitative estimate of drug-likeness (QED) is 0.208. The van der Waals surface area contributed by atoms with E-state index in [4.69, 9.17) is 10.7 Å². The van der Waals surface area contributed by atoms with E-state index in [2.05, 4.69) is 67.1 Å². The summed E-state index contributed by atoms with van der Waals surface area (Å²) in [6, 6.07) is 18.3. The van der Waals surface area contributed by atoms with Crippen molar-refractivity contribution in [3.63, 3.8) is 0 Å². The summed E-state index contributed by atoms with van der Waals surface area (Å²) in [5, 5.41) is 7.92. The maximum atomic E-state index is 5.89. The van der Waals surface area contributed by atoms with Crippen LogP contribution >= 0.6 is 38.5 Å². The Hall–Kier alpha value is -2.13. The standard InChI is InChI=1S/C20H17BrIN5/c21-17-12-25-27-19(24-11-13-4-3-6-15(23)8-13)9-18(26-20(17)27)16-7-2-1-5-14(16)10-22/h1-9,12,24H,10-11,23H2. The average Bonchev–Trinajstić information content (AvgIpc) is 3.07. The van der Waals surface area contributed by atoms with E-state index in [-0.39, 0.29) is 0 Å². The second-order valence-electron chi connectivity index (χ2n) is 6.14. The molecular weight excluding hydrogens is 517 g/mol. The molecule has 0 aliphatic carbocycles. The lowest BCUT2D eigenvalue weighted by Gasteiger charge is -2.13. The van der Waals surface area contributed by atoms with Gasteiger partial charge < -0.3 is 11.1 Å². The molecule has 0 radical (unpaired) electrons. The van der Waals surface area contributed by atoms with Gasteiger partial charge in [-0.3, -0.25) is 0 Å². The van der Waals surface area contributed by atoms with Crippen LogP contribution in [0.4, 0.5) is 11.5 Å². The molecule has 0 bridgehead atoms. The van der Waals surface area contributed by atoms with Gasteiger partial charge in [-0.25, -0.2) is 4.98 Å². The number of nitrogens with zero attached hydrogens (tertiary/aromatic N) is 3. The second-order valence-corrected chi connectivity index (χ2v) is 7.76. The van der Waals surface area contributed by atoms with Crippen LogP contribution in [-0.4, -0.2) is 14.6 Å². The Balaban J connectivity index is 1.77. The predicted octanol–water partition coefficient (Wildman–Crippen LogP) is 5.29. The smallest absolute Gasteiger partial charge is 0.172 e. The molecule has 0 aliphatic heterocycles. The molecule has 0 aliphatic rings. The van der Waals surface area contributed by atoms with E-state index in [0.717, 1.165) is 42.9 Å². The number of nitrogens with one attached hydrogen (secondary N) is 1. The Bertz CT molecular complexity index is 1110. The molecule has 7 heteroatoms. The fraction of sp³-hybridized carbons (Fsp3) is 0.100. The highest BCUT2D eigenvalue weighted by Crippen LogP contribution is 2.29. The molecule has 2 aromatic heterocycles. The number of halogens is 2. The first kappa shape index (κ1) is 18.2. The number of fused-ring (bicyclic) bond motifs is 1. The van der Waals surface area contributed by atoms with Crippen LogP contribution in [0.15, 0.2) is 65.3 Å². The molecule has 27 heavy (non-hydrogen) atoms. The van der Waals surface area contributed by atoms with Gasteiger partial charge in [0.25, 0.3) is 0 Å². The summed E-state index contributed by atoms with van der Waals surface area (Å²) in [5.74, 6) is 0.881. The van der Waals surface area contributed by atoms with Gasteiger partial charge >= 0.3 is 0 Å². The molecule has 0 saturated heterocycles. The first-order valence-electron chi connectivity index (χ1n) is 8.42. The van der Waals surface area contributed by atoms with Crippen LogP contribution in [0.2, 0.25) is 0 Å². The van der Waals surface area contributed by atoms with Crippen LogP contribution in [0, 0.1) is 0 Å². The zero-order chi connectivity index (χ0) is 18.8. The number of hydrogen-bond acceptors (Lipinski definition) is 4. The van der Waals surface area contributed by atoms with Crippen LogP contribution in [0.5, 0.6) is 0 Å². The third-order valence-electron chi connectivity index (χ3n) is 4.29. The lowest BCUT2D eigenvalue weighted by molar-refractivity contribution is 0.926. The first-order valence-corrected chi connectivity index (χ1v) is 10.7. The number of nitrogen functional groups attached to an aromatic ring is 1. The average molecular weight is 534 g/mol. The summed E-state index contributed by atoms with van der Waals surface area (Å²) in [6.07, 6.45) is 1.77. The Morgan fingerprint density at radius 2 is 1.96 bits per heavy atom. The minimum absolute atomic E-state index is 0.648. The Morgan fingerprint density at radius 3 is 2.78 bits per heavy atom. The fourth-order valence-electron chi connectivity index (χ4n) is 2.98. The van der Waals surface area contributed by atoms with Crippen molar-refractivity contribution in [1.82, 2.24) is 14.6 Å². The van der Waals surface area contributed by atoms with Crippen LogP contribution in [0.1, 0.15) is 11.1 Å². The van der Waals surface area contributed by atoms with E-state index in [1.807, 2.05) is 40.9 Å². The lowest BCUT2D eigenvalue weighted by Crippen LogP contribution is -2.07. The van der Waals surface area contributed by atoms with E-state index in [1.54, 1.807) is 6.20 Å². The molecule has 4 rings (SSSR count). The zero-order valence-electron chi connectivity index (χ0n) is 14.4. The van der Waals surface area contributed by atoms with Crippen molar-refractivity contribution in [2.75, 3.05) is 11.1 Å². The molecule has 2 heterocycles. The summed E-state index contributed by atoms with van der Waals surface area (Å²) in [5.41, 5.74) is 11.9. The number of rotatable bonds is 5. The van der Waals surface area contributed by atoms with Gasteiger partial charge in [0.05, 0.1) is 16.4 Å². The molecular formula is C20H17BrIN5. The summed E-state index contributed by atoms with van der Waals surface area (Å²) in [7, 11) is 0. The SMILES string of the molecule is Nc1cccc(CNc2cc(-c3ccccc3CI)nc3c(Br)cnn23)c1. The predicted molar refractivity (Wildman–Crippen MR) is 122 cm³/mol. The molecule has 136 valence electrons. The van der Waals surface area contributed by atoms with Crippen LogP contribution in [0.25, 0.3) is 16.9 Å². The van der Waals surface area contributed by atoms with Crippen molar-refractivity contribution in [2.45, 2.75) is 11.0 Å². The van der Waals surface area contributed by atoms with Gasteiger partial charge in [-0.15, -0.1) is 0 Å². The van der Waals surface area contributed by atoms with Gasteiger partial charge in [0.15, 0.2) is 5.65 Å². The Kier molecular flexibility index (Phi) is 5.31. The maximum Gasteiger partial charge on any atom is 0.172 e. The molecule has 0 spiro atoms. The number of aromatic nitrogens is 3. The molecule has 0 fully saturated rings. The lowest BCUT2D eigenvalue weighted by atomic mass is 10.1. The van der Waals surface area contributed by atoms with Gasteiger partial charge in [0.2, 0.25) is 0 Å². The van der Waals surface area contributed by atoms with E-state index in [0.29, 0.717) is 6.54 Å². The molecule has 0 unspecified atom stereocenters. The van der Waals surface area contributed by atoms with Crippen LogP contribution in [-0.2, 0) is 11.0 Å². The van der Waals surface area contributed by atoms with Crippen molar-refractivity contribution >= 4 is 55.7 Å².